The van der Waals surface area contributed by atoms with E-state index in [1.54, 1.807) is 6.07 Å². The van der Waals surface area contributed by atoms with Crippen molar-refractivity contribution in [3.8, 4) is 11.5 Å². The number of guanidine groups is 1. The molecule has 152 valence electrons. The number of benzene rings is 2. The van der Waals surface area contributed by atoms with E-state index in [1.807, 2.05) is 43.3 Å². The topological polar surface area (TPSA) is 75.1 Å². The van der Waals surface area contributed by atoms with Gasteiger partial charge in [-0.2, -0.15) is 0 Å². The van der Waals surface area contributed by atoms with Crippen molar-refractivity contribution in [1.29, 1.82) is 0 Å². The van der Waals surface area contributed by atoms with E-state index in [4.69, 9.17) is 21.1 Å². The van der Waals surface area contributed by atoms with Crippen LogP contribution in [0.3, 0.4) is 0 Å². The van der Waals surface area contributed by atoms with Gasteiger partial charge in [0, 0.05) is 23.7 Å². The van der Waals surface area contributed by atoms with Crippen molar-refractivity contribution in [1.82, 2.24) is 10.6 Å². The third-order valence-electron chi connectivity index (χ3n) is 4.17. The van der Waals surface area contributed by atoms with Gasteiger partial charge in [0.15, 0.2) is 17.5 Å². The summed E-state index contributed by atoms with van der Waals surface area (Å²) in [6.45, 7) is 3.94. The molecule has 0 fully saturated rings. The average molecular weight is 518 g/mol. The molecular weight excluding hydrogens is 493 g/mol. The Balaban J connectivity index is 0.00000280. The molecule has 8 heteroatoms. The van der Waals surface area contributed by atoms with E-state index in [-0.39, 0.29) is 37.3 Å². The molecule has 1 aliphatic rings. The minimum Gasteiger partial charge on any atom is -0.454 e. The molecule has 3 rings (SSSR count). The van der Waals surface area contributed by atoms with E-state index in [9.17, 15) is 5.11 Å². The zero-order valence-corrected chi connectivity index (χ0v) is 18.7. The molecule has 0 amide bonds. The normalized spacial score (nSPS) is 13.6. The fraction of sp³-hybridized carbons (Fsp3) is 0.350. The summed E-state index contributed by atoms with van der Waals surface area (Å²) < 4.78 is 10.7. The first-order chi connectivity index (χ1) is 13.2. The number of hydrogen-bond acceptors (Lipinski definition) is 4. The second-order valence-electron chi connectivity index (χ2n) is 6.12. The molecular formula is C20H25ClIN3O3. The van der Waals surface area contributed by atoms with Gasteiger partial charge in [-0.25, -0.2) is 0 Å². The van der Waals surface area contributed by atoms with E-state index in [2.05, 4.69) is 15.6 Å². The van der Waals surface area contributed by atoms with Crippen LogP contribution in [0.5, 0.6) is 11.5 Å². The van der Waals surface area contributed by atoms with Crippen LogP contribution in [0.4, 0.5) is 0 Å². The maximum Gasteiger partial charge on any atom is 0.231 e. The summed E-state index contributed by atoms with van der Waals surface area (Å²) in [5.74, 6) is 2.23. The van der Waals surface area contributed by atoms with Crippen LogP contribution in [0.15, 0.2) is 47.5 Å². The predicted molar refractivity (Wildman–Crippen MR) is 122 cm³/mol. The van der Waals surface area contributed by atoms with Crippen LogP contribution >= 0.6 is 35.6 Å². The first kappa shape index (κ1) is 22.6. The fourth-order valence-corrected chi connectivity index (χ4v) is 3.05. The Morgan fingerprint density at radius 3 is 2.75 bits per heavy atom. The van der Waals surface area contributed by atoms with Gasteiger partial charge < -0.3 is 25.2 Å². The van der Waals surface area contributed by atoms with Gasteiger partial charge in [0.05, 0.1) is 6.54 Å². The van der Waals surface area contributed by atoms with Crippen LogP contribution in [0.2, 0.25) is 5.02 Å². The Morgan fingerprint density at radius 2 is 1.96 bits per heavy atom. The van der Waals surface area contributed by atoms with Crippen molar-refractivity contribution in [2.24, 2.45) is 4.99 Å². The van der Waals surface area contributed by atoms with Gasteiger partial charge in [0.1, 0.15) is 6.10 Å². The number of ether oxygens (including phenoxy) is 2. The zero-order chi connectivity index (χ0) is 19.1. The summed E-state index contributed by atoms with van der Waals surface area (Å²) in [7, 11) is 0. The third-order valence-corrected chi connectivity index (χ3v) is 4.52. The first-order valence-electron chi connectivity index (χ1n) is 9.00. The van der Waals surface area contributed by atoms with Crippen LogP contribution in [-0.2, 0) is 6.42 Å². The van der Waals surface area contributed by atoms with Crippen LogP contribution in [0, 0.1) is 0 Å². The molecule has 0 aromatic heterocycles. The quantitative estimate of drug-likeness (QED) is 0.298. The predicted octanol–water partition coefficient (Wildman–Crippen LogP) is 3.52. The lowest BCUT2D eigenvalue weighted by atomic mass is 10.1. The van der Waals surface area contributed by atoms with E-state index >= 15 is 0 Å². The lowest BCUT2D eigenvalue weighted by Gasteiger charge is -2.14. The van der Waals surface area contributed by atoms with Gasteiger partial charge in [-0.15, -0.1) is 24.0 Å². The van der Waals surface area contributed by atoms with Gasteiger partial charge in [-0.1, -0.05) is 35.9 Å². The van der Waals surface area contributed by atoms with E-state index in [0.29, 0.717) is 23.1 Å². The summed E-state index contributed by atoms with van der Waals surface area (Å²) in [5.41, 5.74) is 1.83. The van der Waals surface area contributed by atoms with E-state index in [1.165, 1.54) is 0 Å². The molecule has 0 radical (unpaired) electrons. The minimum absolute atomic E-state index is 0. The Labute approximate surface area is 187 Å². The SMILES string of the molecule is CCNC(=NCC(O)c1ccccc1Cl)NCCc1ccc2c(c1)OCO2.I. The zero-order valence-electron chi connectivity index (χ0n) is 15.7. The van der Waals surface area contributed by atoms with Crippen molar-refractivity contribution in [2.75, 3.05) is 26.4 Å². The summed E-state index contributed by atoms with van der Waals surface area (Å²) in [4.78, 5) is 4.46. The minimum atomic E-state index is -0.747. The number of halogens is 2. The molecule has 1 heterocycles. The summed E-state index contributed by atoms with van der Waals surface area (Å²) in [5, 5.41) is 17.3. The summed E-state index contributed by atoms with van der Waals surface area (Å²) >= 11 is 6.13. The molecule has 0 spiro atoms. The lowest BCUT2D eigenvalue weighted by Crippen LogP contribution is -2.38. The number of nitrogens with zero attached hydrogens (tertiary/aromatic N) is 1. The van der Waals surface area contributed by atoms with Crippen molar-refractivity contribution < 1.29 is 14.6 Å². The first-order valence-corrected chi connectivity index (χ1v) is 9.38. The van der Waals surface area contributed by atoms with Gasteiger partial charge in [-0.05, 0) is 37.1 Å². The highest BCUT2D eigenvalue weighted by atomic mass is 127. The van der Waals surface area contributed by atoms with Gasteiger partial charge in [-0.3, -0.25) is 4.99 Å². The number of aliphatic imine (C=N–C) groups is 1. The molecule has 1 atom stereocenters. The van der Waals surface area contributed by atoms with Crippen molar-refractivity contribution in [3.05, 3.63) is 58.6 Å². The maximum atomic E-state index is 10.3. The van der Waals surface area contributed by atoms with Gasteiger partial charge in [0.2, 0.25) is 6.79 Å². The molecule has 0 saturated carbocycles. The van der Waals surface area contributed by atoms with Crippen LogP contribution in [-0.4, -0.2) is 37.5 Å². The number of fused-ring (bicyclic) bond motifs is 1. The molecule has 3 N–H and O–H groups in total. The number of hydrogen-bond donors (Lipinski definition) is 3. The number of aliphatic hydroxyl groups is 1. The van der Waals surface area contributed by atoms with Gasteiger partial charge in [0.25, 0.3) is 0 Å². The van der Waals surface area contributed by atoms with Gasteiger partial charge >= 0.3 is 0 Å². The molecule has 2 aromatic rings. The highest BCUT2D eigenvalue weighted by Crippen LogP contribution is 2.32. The second kappa shape index (κ2) is 11.3. The van der Waals surface area contributed by atoms with Crippen molar-refractivity contribution in [2.45, 2.75) is 19.4 Å². The number of rotatable bonds is 7. The molecule has 0 bridgehead atoms. The summed E-state index contributed by atoms with van der Waals surface area (Å²) in [6, 6.07) is 13.2. The second-order valence-corrected chi connectivity index (χ2v) is 6.53. The molecule has 2 aromatic carbocycles. The standard InChI is InChI=1S/C20H24ClN3O3.HI/c1-2-22-20(24-12-17(25)15-5-3-4-6-16(15)21)23-10-9-14-7-8-18-19(11-14)27-13-26-18;/h3-8,11,17,25H,2,9-10,12-13H2,1H3,(H2,22,23,24);1H. The van der Waals surface area contributed by atoms with E-state index < -0.39 is 6.10 Å². The van der Waals surface area contributed by atoms with Crippen molar-refractivity contribution >= 4 is 41.5 Å². The molecule has 0 aliphatic carbocycles. The Morgan fingerprint density at radius 1 is 1.18 bits per heavy atom. The maximum absolute atomic E-state index is 10.3. The number of aliphatic hydroxyl groups excluding tert-OH is 1. The molecule has 1 unspecified atom stereocenters. The van der Waals surface area contributed by atoms with Crippen LogP contribution < -0.4 is 20.1 Å². The Kier molecular flexibility index (Phi) is 9.14. The molecule has 6 nitrogen and oxygen atoms in total. The lowest BCUT2D eigenvalue weighted by molar-refractivity contribution is 0.174. The average Bonchev–Trinajstić information content (AvgIpc) is 3.14. The highest BCUT2D eigenvalue weighted by Gasteiger charge is 2.13. The third kappa shape index (κ3) is 6.15. The highest BCUT2D eigenvalue weighted by molar-refractivity contribution is 14.0. The Hall–Kier alpha value is -1.71. The smallest absolute Gasteiger partial charge is 0.231 e. The van der Waals surface area contributed by atoms with E-state index in [0.717, 1.165) is 30.0 Å². The molecule has 0 saturated heterocycles. The Bertz CT molecular complexity index is 804. The largest absolute Gasteiger partial charge is 0.454 e. The number of nitrogens with one attached hydrogen (secondary N) is 2. The molecule has 1 aliphatic heterocycles. The molecule has 28 heavy (non-hydrogen) atoms. The summed E-state index contributed by atoms with van der Waals surface area (Å²) in [6.07, 6.45) is 0.0664. The fourth-order valence-electron chi connectivity index (χ4n) is 2.78. The van der Waals surface area contributed by atoms with Crippen LogP contribution in [0.25, 0.3) is 0 Å². The van der Waals surface area contributed by atoms with Crippen molar-refractivity contribution in [3.63, 3.8) is 0 Å². The monoisotopic (exact) mass is 517 g/mol. The van der Waals surface area contributed by atoms with Crippen LogP contribution in [0.1, 0.15) is 24.2 Å².